The molecule has 0 spiro atoms. The van der Waals surface area contributed by atoms with Gasteiger partial charge in [-0.3, -0.25) is 14.5 Å². The van der Waals surface area contributed by atoms with Crippen molar-refractivity contribution >= 4 is 17.5 Å². The van der Waals surface area contributed by atoms with Crippen molar-refractivity contribution in [3.63, 3.8) is 0 Å². The normalized spacial score (nSPS) is 15.9. The van der Waals surface area contributed by atoms with Crippen molar-refractivity contribution in [1.82, 2.24) is 9.80 Å². The second-order valence-electron chi connectivity index (χ2n) is 7.38. The molecule has 5 heteroatoms. The van der Waals surface area contributed by atoms with Gasteiger partial charge in [0.25, 0.3) is 5.91 Å². The van der Waals surface area contributed by atoms with Gasteiger partial charge in [0.1, 0.15) is 0 Å². The number of amides is 2. The van der Waals surface area contributed by atoms with E-state index in [1.165, 1.54) is 5.56 Å². The molecule has 2 amide bonds. The second-order valence-corrected chi connectivity index (χ2v) is 7.38. The molecule has 1 fully saturated rings. The fourth-order valence-corrected chi connectivity index (χ4v) is 3.53. The van der Waals surface area contributed by atoms with Crippen LogP contribution in [-0.2, 0) is 4.79 Å². The molecule has 1 N–H and O–H groups in total. The third-order valence-electron chi connectivity index (χ3n) is 5.43. The number of hydrogen-bond acceptors (Lipinski definition) is 3. The van der Waals surface area contributed by atoms with Gasteiger partial charge in [0, 0.05) is 37.4 Å². The first kappa shape index (κ1) is 20.1. The van der Waals surface area contributed by atoms with Crippen LogP contribution in [0.25, 0.3) is 0 Å². The zero-order valence-corrected chi connectivity index (χ0v) is 16.7. The quantitative estimate of drug-likeness (QED) is 0.834. The Labute approximate surface area is 167 Å². The minimum atomic E-state index is -0.00131. The molecule has 1 atom stereocenters. The van der Waals surface area contributed by atoms with Gasteiger partial charge < -0.3 is 10.2 Å². The van der Waals surface area contributed by atoms with Crippen LogP contribution in [-0.4, -0.2) is 54.3 Å². The molecule has 1 aliphatic rings. The van der Waals surface area contributed by atoms with E-state index in [-0.39, 0.29) is 11.8 Å². The number of nitrogens with one attached hydrogen (secondary N) is 1. The van der Waals surface area contributed by atoms with Crippen LogP contribution in [0.5, 0.6) is 0 Å². The van der Waals surface area contributed by atoms with E-state index < -0.39 is 0 Å². The third-order valence-corrected chi connectivity index (χ3v) is 5.43. The summed E-state index contributed by atoms with van der Waals surface area (Å²) in [5, 5.41) is 3.07. The Morgan fingerprint density at radius 1 is 0.964 bits per heavy atom. The highest BCUT2D eigenvalue weighted by Gasteiger charge is 2.23. The SMILES string of the molecule is CC[C@H](C)c1ccccc1NC(=O)CN1CCN(C(=O)c2ccccc2)CC1. The third kappa shape index (κ3) is 4.98. The van der Waals surface area contributed by atoms with Crippen LogP contribution < -0.4 is 5.32 Å². The molecule has 1 heterocycles. The van der Waals surface area contributed by atoms with E-state index in [0.717, 1.165) is 17.7 Å². The van der Waals surface area contributed by atoms with Crippen LogP contribution in [0.15, 0.2) is 54.6 Å². The van der Waals surface area contributed by atoms with Gasteiger partial charge in [0.15, 0.2) is 0 Å². The van der Waals surface area contributed by atoms with Gasteiger partial charge in [-0.2, -0.15) is 0 Å². The van der Waals surface area contributed by atoms with Gasteiger partial charge in [0.05, 0.1) is 6.54 Å². The summed E-state index contributed by atoms with van der Waals surface area (Å²) in [7, 11) is 0. The number of carbonyl (C=O) groups excluding carboxylic acids is 2. The molecule has 0 bridgehead atoms. The topological polar surface area (TPSA) is 52.7 Å². The molecule has 0 aromatic heterocycles. The number of piperazine rings is 1. The molecule has 5 nitrogen and oxygen atoms in total. The predicted molar refractivity (Wildman–Crippen MR) is 113 cm³/mol. The number of hydrogen-bond donors (Lipinski definition) is 1. The minimum absolute atomic E-state index is 0.00131. The number of carbonyl (C=O) groups is 2. The zero-order chi connectivity index (χ0) is 19.9. The predicted octanol–water partition coefficient (Wildman–Crippen LogP) is 3.60. The number of rotatable bonds is 6. The Morgan fingerprint density at radius 2 is 1.61 bits per heavy atom. The average molecular weight is 380 g/mol. The van der Waals surface area contributed by atoms with Gasteiger partial charge >= 0.3 is 0 Å². The monoisotopic (exact) mass is 379 g/mol. The average Bonchev–Trinajstić information content (AvgIpc) is 2.74. The summed E-state index contributed by atoms with van der Waals surface area (Å²) in [5.74, 6) is 0.467. The summed E-state index contributed by atoms with van der Waals surface area (Å²) >= 11 is 0. The van der Waals surface area contributed by atoms with E-state index in [1.807, 2.05) is 53.4 Å². The maximum Gasteiger partial charge on any atom is 0.253 e. The first-order chi connectivity index (χ1) is 13.6. The number of anilines is 1. The van der Waals surface area contributed by atoms with E-state index in [1.54, 1.807) is 0 Å². The van der Waals surface area contributed by atoms with Crippen molar-refractivity contribution in [1.29, 1.82) is 0 Å². The number of para-hydroxylation sites is 1. The van der Waals surface area contributed by atoms with Crippen molar-refractivity contribution in [2.75, 3.05) is 38.0 Å². The lowest BCUT2D eigenvalue weighted by Crippen LogP contribution is -2.50. The summed E-state index contributed by atoms with van der Waals surface area (Å²) in [6.07, 6.45) is 1.03. The lowest BCUT2D eigenvalue weighted by atomic mass is 9.97. The van der Waals surface area contributed by atoms with Crippen molar-refractivity contribution < 1.29 is 9.59 Å². The fraction of sp³-hybridized carbons (Fsp3) is 0.391. The maximum absolute atomic E-state index is 12.5. The molecule has 0 unspecified atom stereocenters. The van der Waals surface area contributed by atoms with Gasteiger partial charge in [-0.1, -0.05) is 50.2 Å². The van der Waals surface area contributed by atoms with Gasteiger partial charge in [-0.05, 0) is 36.1 Å². The van der Waals surface area contributed by atoms with Crippen molar-refractivity contribution in [3.05, 3.63) is 65.7 Å². The molecule has 2 aromatic carbocycles. The van der Waals surface area contributed by atoms with Crippen LogP contribution >= 0.6 is 0 Å². The van der Waals surface area contributed by atoms with Gasteiger partial charge in [0.2, 0.25) is 5.91 Å². The molecule has 148 valence electrons. The molecule has 0 aliphatic carbocycles. The Hall–Kier alpha value is -2.66. The minimum Gasteiger partial charge on any atom is -0.336 e. The smallest absolute Gasteiger partial charge is 0.253 e. The highest BCUT2D eigenvalue weighted by atomic mass is 16.2. The molecule has 1 aliphatic heterocycles. The van der Waals surface area contributed by atoms with E-state index in [2.05, 4.69) is 30.1 Å². The lowest BCUT2D eigenvalue weighted by Gasteiger charge is -2.34. The molecular weight excluding hydrogens is 350 g/mol. The molecule has 2 aromatic rings. The zero-order valence-electron chi connectivity index (χ0n) is 16.7. The second kappa shape index (κ2) is 9.51. The summed E-state index contributed by atoms with van der Waals surface area (Å²) < 4.78 is 0. The van der Waals surface area contributed by atoms with Crippen molar-refractivity contribution in [2.45, 2.75) is 26.2 Å². The maximum atomic E-state index is 12.5. The first-order valence-corrected chi connectivity index (χ1v) is 10.0. The van der Waals surface area contributed by atoms with E-state index in [9.17, 15) is 9.59 Å². The highest BCUT2D eigenvalue weighted by molar-refractivity contribution is 5.94. The summed E-state index contributed by atoms with van der Waals surface area (Å²) in [5.41, 5.74) is 2.80. The van der Waals surface area contributed by atoms with E-state index in [0.29, 0.717) is 38.6 Å². The standard InChI is InChI=1S/C23H29N3O2/c1-3-18(2)20-11-7-8-12-21(20)24-22(27)17-25-13-15-26(16-14-25)23(28)19-9-5-4-6-10-19/h4-12,18H,3,13-17H2,1-2H3,(H,24,27)/t18-/m0/s1. The van der Waals surface area contributed by atoms with Crippen molar-refractivity contribution in [2.24, 2.45) is 0 Å². The van der Waals surface area contributed by atoms with Crippen LogP contribution in [0.1, 0.15) is 42.1 Å². The molecule has 28 heavy (non-hydrogen) atoms. The van der Waals surface area contributed by atoms with E-state index >= 15 is 0 Å². The Balaban J connectivity index is 1.51. The lowest BCUT2D eigenvalue weighted by molar-refractivity contribution is -0.117. The Bertz CT molecular complexity index is 799. The van der Waals surface area contributed by atoms with Crippen LogP contribution in [0.2, 0.25) is 0 Å². The van der Waals surface area contributed by atoms with Crippen LogP contribution in [0.3, 0.4) is 0 Å². The largest absolute Gasteiger partial charge is 0.336 e. The summed E-state index contributed by atoms with van der Waals surface area (Å²) in [6, 6.07) is 17.4. The number of benzene rings is 2. The molecule has 3 rings (SSSR count). The fourth-order valence-electron chi connectivity index (χ4n) is 3.53. The summed E-state index contributed by atoms with van der Waals surface area (Å²) in [6.45, 7) is 7.38. The molecule has 0 radical (unpaired) electrons. The Morgan fingerprint density at radius 3 is 2.29 bits per heavy atom. The van der Waals surface area contributed by atoms with Gasteiger partial charge in [-0.15, -0.1) is 0 Å². The van der Waals surface area contributed by atoms with Crippen LogP contribution in [0.4, 0.5) is 5.69 Å². The highest BCUT2D eigenvalue weighted by Crippen LogP contribution is 2.26. The number of nitrogens with zero attached hydrogens (tertiary/aromatic N) is 2. The first-order valence-electron chi connectivity index (χ1n) is 10.0. The van der Waals surface area contributed by atoms with Crippen LogP contribution in [0, 0.1) is 0 Å². The van der Waals surface area contributed by atoms with Gasteiger partial charge in [-0.25, -0.2) is 0 Å². The Kier molecular flexibility index (Phi) is 6.82. The summed E-state index contributed by atoms with van der Waals surface area (Å²) in [4.78, 5) is 29.0. The molecular formula is C23H29N3O2. The molecule has 1 saturated heterocycles. The van der Waals surface area contributed by atoms with Crippen molar-refractivity contribution in [3.8, 4) is 0 Å². The molecule has 0 saturated carbocycles. The van der Waals surface area contributed by atoms with E-state index in [4.69, 9.17) is 0 Å².